The van der Waals surface area contributed by atoms with Crippen molar-refractivity contribution in [3.8, 4) is 0 Å². The number of aliphatic hydroxyl groups excluding tert-OH is 1. The van der Waals surface area contributed by atoms with Crippen LogP contribution < -0.4 is 5.32 Å². The highest BCUT2D eigenvalue weighted by Gasteiger charge is 2.54. The summed E-state index contributed by atoms with van der Waals surface area (Å²) in [5.41, 5.74) is 5.68. The standard InChI is InChI=1S/C56H61NO11/c1-40(58)57-49-52(63-35-44-26-14-5-15-27-44)51(48(66-55(49)59)39-61-33-42-22-10-3-11-23-42)68-56-54(65-37-46-30-18-7-19-31-46)53(64-36-45-28-16-6-17-29-45)50(62-34-43-24-12-4-13-25-43)47(67-56)38-60-32-41-20-8-2-9-21-41/h2-31,47-56,59H,32-39H2,1H3,(H,57,58)/t47-,48-,49-,50-,51-,52-,53+,54-,55+,56-/m1/s1. The van der Waals surface area contributed by atoms with Crippen LogP contribution in [-0.2, 0) is 87.1 Å². The van der Waals surface area contributed by atoms with Gasteiger partial charge in [-0.3, -0.25) is 4.79 Å². The van der Waals surface area contributed by atoms with Gasteiger partial charge >= 0.3 is 0 Å². The van der Waals surface area contributed by atoms with Crippen LogP contribution in [0.15, 0.2) is 182 Å². The van der Waals surface area contributed by atoms with Gasteiger partial charge in [-0.15, -0.1) is 0 Å². The molecule has 68 heavy (non-hydrogen) atoms. The van der Waals surface area contributed by atoms with Gasteiger partial charge in [-0.2, -0.15) is 0 Å². The van der Waals surface area contributed by atoms with Crippen molar-refractivity contribution < 1.29 is 52.5 Å². The summed E-state index contributed by atoms with van der Waals surface area (Å²) in [6, 6.07) is 58.1. The molecule has 1 amide bonds. The Hall–Kier alpha value is -5.61. The lowest BCUT2D eigenvalue weighted by molar-refractivity contribution is -0.363. The summed E-state index contributed by atoms with van der Waals surface area (Å²) < 4.78 is 61.1. The van der Waals surface area contributed by atoms with Crippen LogP contribution in [0.1, 0.15) is 40.3 Å². The molecule has 8 rings (SSSR count). The molecule has 10 atom stereocenters. The van der Waals surface area contributed by atoms with Crippen LogP contribution in [-0.4, -0.2) is 85.6 Å². The minimum absolute atomic E-state index is 0.00275. The predicted octanol–water partition coefficient (Wildman–Crippen LogP) is 8.09. The summed E-state index contributed by atoms with van der Waals surface area (Å²) in [5, 5.41) is 14.6. The van der Waals surface area contributed by atoms with E-state index in [2.05, 4.69) is 5.32 Å². The van der Waals surface area contributed by atoms with Crippen molar-refractivity contribution in [1.29, 1.82) is 0 Å². The van der Waals surface area contributed by atoms with Crippen LogP contribution in [0.4, 0.5) is 0 Å². The molecule has 2 saturated heterocycles. The number of amides is 1. The molecule has 6 aromatic rings. The number of carbonyl (C=O) groups excluding carboxylic acids is 1. The number of hydrogen-bond donors (Lipinski definition) is 2. The van der Waals surface area contributed by atoms with Gasteiger partial charge in [0, 0.05) is 6.92 Å². The highest BCUT2D eigenvalue weighted by atomic mass is 16.7. The fourth-order valence-electron chi connectivity index (χ4n) is 8.45. The number of ether oxygens (including phenoxy) is 9. The Kier molecular flexibility index (Phi) is 18.4. The van der Waals surface area contributed by atoms with Crippen LogP contribution in [0, 0.1) is 0 Å². The second-order valence-electron chi connectivity index (χ2n) is 17.0. The summed E-state index contributed by atoms with van der Waals surface area (Å²) in [4.78, 5) is 12.8. The number of rotatable bonds is 23. The van der Waals surface area contributed by atoms with Gasteiger partial charge < -0.3 is 53.1 Å². The topological polar surface area (TPSA) is 132 Å². The maximum atomic E-state index is 12.8. The predicted molar refractivity (Wildman–Crippen MR) is 254 cm³/mol. The lowest BCUT2D eigenvalue weighted by atomic mass is 9.94. The molecule has 2 aliphatic heterocycles. The summed E-state index contributed by atoms with van der Waals surface area (Å²) in [6.07, 6.45) is -8.71. The van der Waals surface area contributed by atoms with Gasteiger partial charge in [0.2, 0.25) is 5.91 Å². The van der Waals surface area contributed by atoms with E-state index in [1.54, 1.807) is 0 Å². The minimum atomic E-state index is -1.47. The Balaban J connectivity index is 1.18. The van der Waals surface area contributed by atoms with Crippen LogP contribution in [0.5, 0.6) is 0 Å². The lowest BCUT2D eigenvalue weighted by Crippen LogP contribution is -2.68. The molecule has 12 nitrogen and oxygen atoms in total. The number of nitrogens with one attached hydrogen (secondary N) is 1. The normalized spacial score (nSPS) is 24.9. The number of aliphatic hydroxyl groups is 1. The van der Waals surface area contributed by atoms with E-state index in [4.69, 9.17) is 42.6 Å². The van der Waals surface area contributed by atoms with Crippen LogP contribution >= 0.6 is 0 Å². The quantitative estimate of drug-likeness (QED) is 0.0647. The molecule has 0 saturated carbocycles. The SMILES string of the molecule is CC(=O)N[C@@H]1[C@@H](OCc2ccccc2)[C@H](O[C@H]2O[C@H](COCc3ccccc3)[C@@H](OCc3ccccc3)[C@H](OCc3ccccc3)[C@H]2OCc2ccccc2)[C@@H](COCc2ccccc2)O[C@@H]1O. The summed E-state index contributed by atoms with van der Waals surface area (Å²) in [5.74, 6) is -0.384. The lowest BCUT2D eigenvalue weighted by Gasteiger charge is -2.50. The molecule has 6 aromatic carbocycles. The highest BCUT2D eigenvalue weighted by molar-refractivity contribution is 5.73. The average Bonchev–Trinajstić information content (AvgIpc) is 3.37. The molecule has 0 aromatic heterocycles. The fraction of sp³-hybridized carbons (Fsp3) is 0.339. The third kappa shape index (κ3) is 14.2. The zero-order valence-corrected chi connectivity index (χ0v) is 38.3. The molecule has 2 aliphatic rings. The van der Waals surface area contributed by atoms with Crippen molar-refractivity contribution in [2.24, 2.45) is 0 Å². The number of carbonyl (C=O) groups is 1. The molecule has 2 N–H and O–H groups in total. The maximum Gasteiger partial charge on any atom is 0.217 e. The van der Waals surface area contributed by atoms with Gasteiger partial charge in [0.25, 0.3) is 0 Å². The zero-order valence-electron chi connectivity index (χ0n) is 38.3. The molecule has 0 unspecified atom stereocenters. The van der Waals surface area contributed by atoms with Crippen molar-refractivity contribution in [3.63, 3.8) is 0 Å². The first kappa shape index (κ1) is 48.8. The van der Waals surface area contributed by atoms with Crippen LogP contribution in [0.25, 0.3) is 0 Å². The molecule has 12 heteroatoms. The molecule has 0 spiro atoms. The molecule has 2 heterocycles. The number of benzene rings is 6. The van der Waals surface area contributed by atoms with E-state index >= 15 is 0 Å². The Morgan fingerprint density at radius 3 is 1.18 bits per heavy atom. The van der Waals surface area contributed by atoms with Gasteiger partial charge in [0.1, 0.15) is 48.8 Å². The van der Waals surface area contributed by atoms with Gasteiger partial charge in [-0.1, -0.05) is 182 Å². The van der Waals surface area contributed by atoms with Gasteiger partial charge in [0.15, 0.2) is 12.6 Å². The van der Waals surface area contributed by atoms with E-state index in [0.717, 1.165) is 33.4 Å². The van der Waals surface area contributed by atoms with Crippen LogP contribution in [0.3, 0.4) is 0 Å². The average molecular weight is 924 g/mol. The Labute approximate surface area is 399 Å². The maximum absolute atomic E-state index is 12.8. The first-order valence-electron chi connectivity index (χ1n) is 23.2. The second kappa shape index (κ2) is 25.7. The van der Waals surface area contributed by atoms with Crippen molar-refractivity contribution in [3.05, 3.63) is 215 Å². The molecular weight excluding hydrogens is 863 g/mol. The van der Waals surface area contributed by atoms with Crippen molar-refractivity contribution in [1.82, 2.24) is 5.32 Å². The molecule has 0 bridgehead atoms. The van der Waals surface area contributed by atoms with Gasteiger partial charge in [-0.25, -0.2) is 0 Å². The Morgan fingerprint density at radius 1 is 0.441 bits per heavy atom. The fourth-order valence-corrected chi connectivity index (χ4v) is 8.45. The van der Waals surface area contributed by atoms with Crippen molar-refractivity contribution in [2.45, 2.75) is 108 Å². The summed E-state index contributed by atoms with van der Waals surface area (Å²) in [6.45, 7) is 2.90. The Morgan fingerprint density at radius 2 is 0.779 bits per heavy atom. The summed E-state index contributed by atoms with van der Waals surface area (Å²) >= 11 is 0. The molecule has 0 aliphatic carbocycles. The van der Waals surface area contributed by atoms with Gasteiger partial charge in [0.05, 0.1) is 52.9 Å². The van der Waals surface area contributed by atoms with Crippen LogP contribution in [0.2, 0.25) is 0 Å². The van der Waals surface area contributed by atoms with E-state index in [-0.39, 0.29) is 52.2 Å². The highest BCUT2D eigenvalue weighted by Crippen LogP contribution is 2.35. The smallest absolute Gasteiger partial charge is 0.217 e. The third-order valence-electron chi connectivity index (χ3n) is 11.8. The van der Waals surface area contributed by atoms with Gasteiger partial charge in [-0.05, 0) is 33.4 Å². The minimum Gasteiger partial charge on any atom is -0.374 e. The van der Waals surface area contributed by atoms with E-state index in [0.29, 0.717) is 6.61 Å². The van der Waals surface area contributed by atoms with E-state index in [1.807, 2.05) is 182 Å². The largest absolute Gasteiger partial charge is 0.374 e. The molecular formula is C56H61NO11. The third-order valence-corrected chi connectivity index (χ3v) is 11.8. The van der Waals surface area contributed by atoms with E-state index < -0.39 is 61.3 Å². The zero-order chi connectivity index (χ0) is 46.8. The second-order valence-corrected chi connectivity index (χ2v) is 17.0. The monoisotopic (exact) mass is 923 g/mol. The van der Waals surface area contributed by atoms with Crippen molar-refractivity contribution in [2.75, 3.05) is 13.2 Å². The molecule has 2 fully saturated rings. The number of hydrogen-bond acceptors (Lipinski definition) is 11. The van der Waals surface area contributed by atoms with E-state index in [9.17, 15) is 9.90 Å². The molecule has 0 radical (unpaired) electrons. The first-order valence-corrected chi connectivity index (χ1v) is 23.2. The first-order chi connectivity index (χ1) is 33.5. The van der Waals surface area contributed by atoms with Crippen molar-refractivity contribution >= 4 is 5.91 Å². The summed E-state index contributed by atoms with van der Waals surface area (Å²) in [7, 11) is 0. The van der Waals surface area contributed by atoms with E-state index in [1.165, 1.54) is 6.92 Å². The Bertz CT molecular complexity index is 2330. The molecule has 356 valence electrons.